The first-order valence-corrected chi connectivity index (χ1v) is 6.51. The molecule has 0 aromatic heterocycles. The number of carboxylic acids is 1. The molecular formula is C14H18N2O4. The quantitative estimate of drug-likeness (QED) is 0.789. The van der Waals surface area contributed by atoms with Crippen LogP contribution in [0.3, 0.4) is 0 Å². The maximum absolute atomic E-state index is 12.0. The molecular weight excluding hydrogens is 260 g/mol. The number of hydrogen-bond donors (Lipinski definition) is 3. The Kier molecular flexibility index (Phi) is 4.24. The fraction of sp³-hybridized carbons (Fsp3) is 0.429. The van der Waals surface area contributed by atoms with Crippen LogP contribution in [0.25, 0.3) is 0 Å². The van der Waals surface area contributed by atoms with Gasteiger partial charge in [0.05, 0.1) is 23.4 Å². The minimum atomic E-state index is -1.07. The summed E-state index contributed by atoms with van der Waals surface area (Å²) in [5.41, 5.74) is 1.11. The van der Waals surface area contributed by atoms with Crippen LogP contribution in [0.1, 0.15) is 29.3 Å². The van der Waals surface area contributed by atoms with Gasteiger partial charge >= 0.3 is 12.0 Å². The molecule has 2 atom stereocenters. The minimum absolute atomic E-state index is 0.0310. The highest BCUT2D eigenvalue weighted by atomic mass is 16.5. The number of nitrogens with one attached hydrogen (secondary N) is 2. The van der Waals surface area contributed by atoms with Gasteiger partial charge in [-0.3, -0.25) is 0 Å². The molecule has 2 rings (SSSR count). The number of rotatable bonds is 3. The van der Waals surface area contributed by atoms with E-state index in [2.05, 4.69) is 10.6 Å². The number of ether oxygens (including phenoxy) is 1. The predicted molar refractivity (Wildman–Crippen MR) is 74.1 cm³/mol. The van der Waals surface area contributed by atoms with Crippen LogP contribution in [0.5, 0.6) is 0 Å². The van der Waals surface area contributed by atoms with Crippen LogP contribution >= 0.6 is 0 Å². The summed E-state index contributed by atoms with van der Waals surface area (Å²) in [5, 5.41) is 14.6. The number of aryl methyl sites for hydroxylation is 1. The van der Waals surface area contributed by atoms with Crippen LogP contribution < -0.4 is 10.6 Å². The molecule has 1 fully saturated rings. The summed E-state index contributed by atoms with van der Waals surface area (Å²) in [6.07, 6.45) is 0.727. The average Bonchev–Trinajstić information content (AvgIpc) is 2.77. The van der Waals surface area contributed by atoms with Gasteiger partial charge in [-0.2, -0.15) is 0 Å². The van der Waals surface area contributed by atoms with Crippen molar-refractivity contribution in [3.05, 3.63) is 29.3 Å². The Bertz CT molecular complexity index is 530. The first-order chi connectivity index (χ1) is 9.49. The van der Waals surface area contributed by atoms with E-state index in [0.717, 1.165) is 6.42 Å². The molecule has 2 unspecified atom stereocenters. The maximum Gasteiger partial charge on any atom is 0.337 e. The van der Waals surface area contributed by atoms with Gasteiger partial charge in [0.1, 0.15) is 0 Å². The molecule has 108 valence electrons. The number of carbonyl (C=O) groups excluding carboxylic acids is 1. The monoisotopic (exact) mass is 278 g/mol. The highest BCUT2D eigenvalue weighted by molar-refractivity contribution is 6.01. The zero-order chi connectivity index (χ0) is 14.7. The summed E-state index contributed by atoms with van der Waals surface area (Å²) in [6, 6.07) is 4.40. The van der Waals surface area contributed by atoms with E-state index in [1.807, 2.05) is 6.92 Å². The number of aromatic carboxylic acids is 1. The standard InChI is InChI=1S/C14H18N2O4/c1-8-4-3-5-10(13(17)18)12(8)16-14(19)15-11-6-7-20-9(11)2/h3-5,9,11H,6-7H2,1-2H3,(H,17,18)(H2,15,16,19). The molecule has 6 nitrogen and oxygen atoms in total. The van der Waals surface area contributed by atoms with Crippen LogP contribution in [0.15, 0.2) is 18.2 Å². The molecule has 1 saturated heterocycles. The van der Waals surface area contributed by atoms with Gasteiger partial charge in [0, 0.05) is 6.61 Å². The summed E-state index contributed by atoms with van der Waals surface area (Å²) in [6.45, 7) is 4.27. The van der Waals surface area contributed by atoms with Gasteiger partial charge in [-0.1, -0.05) is 12.1 Å². The van der Waals surface area contributed by atoms with Crippen molar-refractivity contribution in [2.45, 2.75) is 32.4 Å². The molecule has 1 aliphatic heterocycles. The highest BCUT2D eigenvalue weighted by Crippen LogP contribution is 2.21. The lowest BCUT2D eigenvalue weighted by Crippen LogP contribution is -2.41. The zero-order valence-corrected chi connectivity index (χ0v) is 11.5. The van der Waals surface area contributed by atoms with Gasteiger partial charge in [0.15, 0.2) is 0 Å². The SMILES string of the molecule is Cc1cccc(C(=O)O)c1NC(=O)NC1CCOC1C. The Morgan fingerprint density at radius 3 is 2.75 bits per heavy atom. The topological polar surface area (TPSA) is 87.7 Å². The second kappa shape index (κ2) is 5.92. The molecule has 3 N–H and O–H groups in total. The number of carboxylic acid groups (broad SMARTS) is 1. The minimum Gasteiger partial charge on any atom is -0.478 e. The van der Waals surface area contributed by atoms with Crippen LogP contribution in [-0.4, -0.2) is 35.9 Å². The van der Waals surface area contributed by atoms with Crippen molar-refractivity contribution in [2.75, 3.05) is 11.9 Å². The average molecular weight is 278 g/mol. The third kappa shape index (κ3) is 3.08. The van der Waals surface area contributed by atoms with E-state index in [0.29, 0.717) is 17.9 Å². The van der Waals surface area contributed by atoms with Crippen LogP contribution in [0.4, 0.5) is 10.5 Å². The Balaban J connectivity index is 2.09. The van der Waals surface area contributed by atoms with Crippen molar-refractivity contribution in [3.8, 4) is 0 Å². The molecule has 20 heavy (non-hydrogen) atoms. The summed E-state index contributed by atoms with van der Waals surface area (Å²) in [7, 11) is 0. The van der Waals surface area contributed by atoms with Gasteiger partial charge in [-0.25, -0.2) is 9.59 Å². The number of para-hydroxylation sites is 1. The van der Waals surface area contributed by atoms with Crippen molar-refractivity contribution >= 4 is 17.7 Å². The Hall–Kier alpha value is -2.08. The number of hydrogen-bond acceptors (Lipinski definition) is 3. The largest absolute Gasteiger partial charge is 0.478 e. The van der Waals surface area contributed by atoms with Crippen LogP contribution in [0, 0.1) is 6.92 Å². The van der Waals surface area contributed by atoms with Crippen molar-refractivity contribution in [1.82, 2.24) is 5.32 Å². The van der Waals surface area contributed by atoms with E-state index in [9.17, 15) is 9.59 Å². The fourth-order valence-electron chi connectivity index (χ4n) is 2.25. The van der Waals surface area contributed by atoms with E-state index in [4.69, 9.17) is 9.84 Å². The Morgan fingerprint density at radius 2 is 2.15 bits per heavy atom. The number of anilines is 1. The zero-order valence-electron chi connectivity index (χ0n) is 11.5. The lowest BCUT2D eigenvalue weighted by atomic mass is 10.1. The summed E-state index contributed by atoms with van der Waals surface area (Å²) >= 11 is 0. The van der Waals surface area contributed by atoms with E-state index in [1.165, 1.54) is 6.07 Å². The molecule has 1 aliphatic rings. The molecule has 0 saturated carbocycles. The lowest BCUT2D eigenvalue weighted by molar-refractivity contribution is 0.0698. The molecule has 1 heterocycles. The van der Waals surface area contributed by atoms with E-state index in [1.54, 1.807) is 19.1 Å². The molecule has 2 amide bonds. The lowest BCUT2D eigenvalue weighted by Gasteiger charge is -2.18. The van der Waals surface area contributed by atoms with Crippen molar-refractivity contribution in [1.29, 1.82) is 0 Å². The van der Waals surface area contributed by atoms with Gasteiger partial charge < -0.3 is 20.5 Å². The van der Waals surface area contributed by atoms with Gasteiger partial charge in [0.25, 0.3) is 0 Å². The fourth-order valence-corrected chi connectivity index (χ4v) is 2.25. The first kappa shape index (κ1) is 14.3. The molecule has 0 bridgehead atoms. The van der Waals surface area contributed by atoms with Gasteiger partial charge in [-0.15, -0.1) is 0 Å². The van der Waals surface area contributed by atoms with Gasteiger partial charge in [0.2, 0.25) is 0 Å². The van der Waals surface area contributed by atoms with Crippen molar-refractivity contribution in [2.24, 2.45) is 0 Å². The Morgan fingerprint density at radius 1 is 1.40 bits per heavy atom. The maximum atomic E-state index is 12.0. The smallest absolute Gasteiger partial charge is 0.337 e. The second-order valence-corrected chi connectivity index (χ2v) is 4.87. The molecule has 0 aliphatic carbocycles. The third-order valence-electron chi connectivity index (χ3n) is 3.43. The molecule has 0 radical (unpaired) electrons. The van der Waals surface area contributed by atoms with Crippen molar-refractivity contribution < 1.29 is 19.4 Å². The normalized spacial score (nSPS) is 21.5. The summed E-state index contributed by atoms with van der Waals surface area (Å²) < 4.78 is 5.37. The highest BCUT2D eigenvalue weighted by Gasteiger charge is 2.26. The van der Waals surface area contributed by atoms with Crippen molar-refractivity contribution in [3.63, 3.8) is 0 Å². The predicted octanol–water partition coefficient (Wildman–Crippen LogP) is 1.99. The molecule has 6 heteroatoms. The molecule has 1 aromatic rings. The third-order valence-corrected chi connectivity index (χ3v) is 3.43. The second-order valence-electron chi connectivity index (χ2n) is 4.87. The van der Waals surface area contributed by atoms with E-state index < -0.39 is 12.0 Å². The van der Waals surface area contributed by atoms with Gasteiger partial charge in [-0.05, 0) is 31.9 Å². The first-order valence-electron chi connectivity index (χ1n) is 6.51. The van der Waals surface area contributed by atoms with Crippen LogP contribution in [0.2, 0.25) is 0 Å². The number of carbonyl (C=O) groups is 2. The van der Waals surface area contributed by atoms with E-state index >= 15 is 0 Å². The van der Waals surface area contributed by atoms with E-state index in [-0.39, 0.29) is 17.7 Å². The Labute approximate surface area is 117 Å². The molecule has 0 spiro atoms. The summed E-state index contributed by atoms with van der Waals surface area (Å²) in [5.74, 6) is -1.07. The number of amides is 2. The number of urea groups is 1. The van der Waals surface area contributed by atoms with Crippen LogP contribution in [-0.2, 0) is 4.74 Å². The summed E-state index contributed by atoms with van der Waals surface area (Å²) in [4.78, 5) is 23.1. The number of benzene rings is 1. The molecule has 1 aromatic carbocycles.